The monoisotopic (exact) mass is 260 g/mol. The number of amides is 1. The van der Waals surface area contributed by atoms with E-state index in [2.05, 4.69) is 5.32 Å². The minimum Gasteiger partial charge on any atom is -0.493 e. The molecule has 0 aromatic heterocycles. The number of benzene rings is 1. The van der Waals surface area contributed by atoms with Gasteiger partial charge in [-0.1, -0.05) is 0 Å². The third kappa shape index (κ3) is 2.32. The topological polar surface area (TPSA) is 41.6 Å². The van der Waals surface area contributed by atoms with Gasteiger partial charge in [-0.25, -0.2) is 0 Å². The van der Waals surface area contributed by atoms with Crippen LogP contribution in [-0.4, -0.2) is 43.1 Å². The van der Waals surface area contributed by atoms with Gasteiger partial charge in [-0.3, -0.25) is 4.79 Å². The lowest BCUT2D eigenvalue weighted by molar-refractivity contribution is 0.0703. The molecule has 4 nitrogen and oxygen atoms in total. The first-order chi connectivity index (χ1) is 9.29. The SMILES string of the molecule is CCN(C(=O)c1ccc2c(c1)CCO2)C1CCNC1. The quantitative estimate of drug-likeness (QED) is 0.894. The van der Waals surface area contributed by atoms with E-state index in [1.165, 1.54) is 0 Å². The molecule has 1 fully saturated rings. The highest BCUT2D eigenvalue weighted by Crippen LogP contribution is 2.26. The maximum absolute atomic E-state index is 12.6. The molecule has 1 unspecified atom stereocenters. The molecule has 0 radical (unpaired) electrons. The summed E-state index contributed by atoms with van der Waals surface area (Å²) in [5, 5.41) is 3.32. The minimum atomic E-state index is 0.144. The van der Waals surface area contributed by atoms with Gasteiger partial charge in [0.25, 0.3) is 5.91 Å². The molecule has 1 amide bonds. The van der Waals surface area contributed by atoms with Gasteiger partial charge in [0.15, 0.2) is 0 Å². The molecule has 2 heterocycles. The number of carbonyl (C=O) groups excluding carboxylic acids is 1. The Kier molecular flexibility index (Phi) is 3.42. The average Bonchev–Trinajstić information content (AvgIpc) is 3.09. The van der Waals surface area contributed by atoms with Crippen LogP contribution < -0.4 is 10.1 Å². The molecule has 1 N–H and O–H groups in total. The van der Waals surface area contributed by atoms with Gasteiger partial charge in [0.05, 0.1) is 6.61 Å². The van der Waals surface area contributed by atoms with Gasteiger partial charge < -0.3 is 15.0 Å². The zero-order chi connectivity index (χ0) is 13.2. The van der Waals surface area contributed by atoms with Gasteiger partial charge in [-0.15, -0.1) is 0 Å². The summed E-state index contributed by atoms with van der Waals surface area (Å²) in [6.07, 6.45) is 1.96. The first-order valence-corrected chi connectivity index (χ1v) is 7.07. The number of fused-ring (bicyclic) bond motifs is 1. The molecule has 2 aliphatic rings. The number of likely N-dealkylation sites (N-methyl/N-ethyl adjacent to an activating group) is 1. The average molecular weight is 260 g/mol. The van der Waals surface area contributed by atoms with Crippen LogP contribution in [0.15, 0.2) is 18.2 Å². The number of nitrogens with zero attached hydrogens (tertiary/aromatic N) is 1. The Balaban J connectivity index is 1.81. The van der Waals surface area contributed by atoms with Crippen molar-refractivity contribution >= 4 is 5.91 Å². The first-order valence-electron chi connectivity index (χ1n) is 7.07. The smallest absolute Gasteiger partial charge is 0.254 e. The molecule has 1 atom stereocenters. The second-order valence-corrected chi connectivity index (χ2v) is 5.16. The van der Waals surface area contributed by atoms with E-state index in [1.807, 2.05) is 30.0 Å². The van der Waals surface area contributed by atoms with Crippen LogP contribution in [0.5, 0.6) is 5.75 Å². The number of ether oxygens (including phenoxy) is 1. The zero-order valence-corrected chi connectivity index (χ0v) is 11.3. The highest BCUT2D eigenvalue weighted by molar-refractivity contribution is 5.95. The van der Waals surface area contributed by atoms with E-state index in [9.17, 15) is 4.79 Å². The highest BCUT2D eigenvalue weighted by Gasteiger charge is 2.26. The van der Waals surface area contributed by atoms with E-state index < -0.39 is 0 Å². The Morgan fingerprint density at radius 1 is 1.53 bits per heavy atom. The molecular weight excluding hydrogens is 240 g/mol. The van der Waals surface area contributed by atoms with Crippen LogP contribution in [0.1, 0.15) is 29.3 Å². The largest absolute Gasteiger partial charge is 0.493 e. The lowest BCUT2D eigenvalue weighted by Crippen LogP contribution is -2.41. The normalized spacial score (nSPS) is 21.0. The van der Waals surface area contributed by atoms with Gasteiger partial charge in [-0.2, -0.15) is 0 Å². The minimum absolute atomic E-state index is 0.144. The van der Waals surface area contributed by atoms with Crippen molar-refractivity contribution < 1.29 is 9.53 Å². The fourth-order valence-electron chi connectivity index (χ4n) is 2.96. The van der Waals surface area contributed by atoms with Crippen LogP contribution in [0.25, 0.3) is 0 Å². The van der Waals surface area contributed by atoms with Crippen LogP contribution in [0.4, 0.5) is 0 Å². The number of rotatable bonds is 3. The lowest BCUT2D eigenvalue weighted by Gasteiger charge is -2.27. The summed E-state index contributed by atoms with van der Waals surface area (Å²) in [6.45, 7) is 5.46. The van der Waals surface area contributed by atoms with E-state index in [4.69, 9.17) is 4.74 Å². The molecule has 0 bridgehead atoms. The summed E-state index contributed by atoms with van der Waals surface area (Å²) in [5.74, 6) is 1.08. The molecule has 3 rings (SSSR count). The van der Waals surface area contributed by atoms with Crippen molar-refractivity contribution in [1.82, 2.24) is 10.2 Å². The molecule has 1 aromatic carbocycles. The lowest BCUT2D eigenvalue weighted by atomic mass is 10.1. The van der Waals surface area contributed by atoms with Crippen molar-refractivity contribution in [3.8, 4) is 5.75 Å². The van der Waals surface area contributed by atoms with Gasteiger partial charge in [0.2, 0.25) is 0 Å². The van der Waals surface area contributed by atoms with Crippen LogP contribution in [0.2, 0.25) is 0 Å². The molecule has 19 heavy (non-hydrogen) atoms. The summed E-state index contributed by atoms with van der Waals surface area (Å²) in [4.78, 5) is 14.6. The summed E-state index contributed by atoms with van der Waals surface area (Å²) in [5.41, 5.74) is 1.95. The molecule has 4 heteroatoms. The summed E-state index contributed by atoms with van der Waals surface area (Å²) in [7, 11) is 0. The van der Waals surface area contributed by atoms with Crippen molar-refractivity contribution in [2.75, 3.05) is 26.2 Å². The van der Waals surface area contributed by atoms with Gasteiger partial charge >= 0.3 is 0 Å². The summed E-state index contributed by atoms with van der Waals surface area (Å²) in [6, 6.07) is 6.14. The molecule has 0 aliphatic carbocycles. The Morgan fingerprint density at radius 3 is 3.16 bits per heavy atom. The number of nitrogens with one attached hydrogen (secondary N) is 1. The maximum atomic E-state index is 12.6. The number of hydrogen-bond acceptors (Lipinski definition) is 3. The Labute approximate surface area is 113 Å². The van der Waals surface area contributed by atoms with Crippen LogP contribution >= 0.6 is 0 Å². The predicted octanol–water partition coefficient (Wildman–Crippen LogP) is 1.45. The second kappa shape index (κ2) is 5.21. The van der Waals surface area contributed by atoms with Crippen molar-refractivity contribution in [3.63, 3.8) is 0 Å². The zero-order valence-electron chi connectivity index (χ0n) is 11.3. The number of carbonyl (C=O) groups is 1. The molecular formula is C15H20N2O2. The van der Waals surface area contributed by atoms with Crippen LogP contribution in [-0.2, 0) is 6.42 Å². The molecule has 0 spiro atoms. The van der Waals surface area contributed by atoms with Gasteiger partial charge in [0.1, 0.15) is 5.75 Å². The van der Waals surface area contributed by atoms with Crippen molar-refractivity contribution in [3.05, 3.63) is 29.3 Å². The maximum Gasteiger partial charge on any atom is 0.254 e. The summed E-state index contributed by atoms with van der Waals surface area (Å²) >= 11 is 0. The van der Waals surface area contributed by atoms with E-state index in [0.29, 0.717) is 6.04 Å². The van der Waals surface area contributed by atoms with E-state index in [-0.39, 0.29) is 5.91 Å². The van der Waals surface area contributed by atoms with Crippen molar-refractivity contribution in [2.24, 2.45) is 0 Å². The van der Waals surface area contributed by atoms with Crippen molar-refractivity contribution in [2.45, 2.75) is 25.8 Å². The predicted molar refractivity (Wildman–Crippen MR) is 73.6 cm³/mol. The van der Waals surface area contributed by atoms with E-state index in [0.717, 1.165) is 56.0 Å². The first kappa shape index (κ1) is 12.5. The second-order valence-electron chi connectivity index (χ2n) is 5.16. The molecule has 2 aliphatic heterocycles. The third-order valence-electron chi connectivity index (χ3n) is 4.01. The molecule has 0 saturated carbocycles. The Morgan fingerprint density at radius 2 is 2.42 bits per heavy atom. The Hall–Kier alpha value is -1.55. The summed E-state index contributed by atoms with van der Waals surface area (Å²) < 4.78 is 5.48. The third-order valence-corrected chi connectivity index (χ3v) is 4.01. The fourth-order valence-corrected chi connectivity index (χ4v) is 2.96. The van der Waals surface area contributed by atoms with Crippen LogP contribution in [0, 0.1) is 0 Å². The van der Waals surface area contributed by atoms with Gasteiger partial charge in [-0.05, 0) is 43.7 Å². The van der Waals surface area contributed by atoms with E-state index in [1.54, 1.807) is 0 Å². The molecule has 1 aromatic rings. The number of hydrogen-bond donors (Lipinski definition) is 1. The van der Waals surface area contributed by atoms with Crippen molar-refractivity contribution in [1.29, 1.82) is 0 Å². The highest BCUT2D eigenvalue weighted by atomic mass is 16.5. The molecule has 1 saturated heterocycles. The van der Waals surface area contributed by atoms with E-state index >= 15 is 0 Å². The Bertz CT molecular complexity index is 481. The standard InChI is InChI=1S/C15H20N2O2/c1-2-17(13-5-7-16-10-13)15(18)12-3-4-14-11(9-12)6-8-19-14/h3-4,9,13,16H,2,5-8,10H2,1H3. The fraction of sp³-hybridized carbons (Fsp3) is 0.533. The molecule has 102 valence electrons. The van der Waals surface area contributed by atoms with Gasteiger partial charge in [0, 0.05) is 31.1 Å². The van der Waals surface area contributed by atoms with Crippen LogP contribution in [0.3, 0.4) is 0 Å².